The third-order valence-electron chi connectivity index (χ3n) is 4.14. The number of aromatic nitrogens is 6. The van der Waals surface area contributed by atoms with Gasteiger partial charge in [-0.15, -0.1) is 0 Å². The summed E-state index contributed by atoms with van der Waals surface area (Å²) in [5.41, 5.74) is 0. The number of halogens is 6. The van der Waals surface area contributed by atoms with Crippen molar-refractivity contribution in [2.75, 3.05) is 0 Å². The van der Waals surface area contributed by atoms with Gasteiger partial charge >= 0.3 is 92.7 Å². The van der Waals surface area contributed by atoms with Gasteiger partial charge in [-0.2, -0.15) is 0 Å². The standard InChI is InChI=1S/6C5H4ClNO.2Co.2Na/c6*6-4-2-1-3-5(8)7-4;;;;/h6*1-3H,(H,7,8);;;;/q;;;;;;2*+2;2*+1/p-6. The van der Waals surface area contributed by atoms with Gasteiger partial charge in [0.1, 0.15) is 30.9 Å². The molecule has 0 N–H and O–H groups in total. The van der Waals surface area contributed by atoms with Gasteiger partial charge in [-0.1, -0.05) is 142 Å². The number of hydrogen-bond acceptors (Lipinski definition) is 12. The molecule has 0 aliphatic rings. The summed E-state index contributed by atoms with van der Waals surface area (Å²) in [5, 5.41) is 63.3. The Morgan fingerprint density at radius 2 is 0.385 bits per heavy atom. The first-order chi connectivity index (χ1) is 22.7. The minimum absolute atomic E-state index is 0. The van der Waals surface area contributed by atoms with E-state index in [9.17, 15) is 30.6 Å². The molecule has 0 amide bonds. The van der Waals surface area contributed by atoms with Gasteiger partial charge in [0.05, 0.1) is 0 Å². The van der Waals surface area contributed by atoms with E-state index in [1.807, 2.05) is 0 Å². The molecule has 0 aliphatic heterocycles. The second-order valence-corrected chi connectivity index (χ2v) is 10.1. The molecule has 6 heterocycles. The van der Waals surface area contributed by atoms with E-state index in [0.717, 1.165) is 0 Å². The summed E-state index contributed by atoms with van der Waals surface area (Å²) < 4.78 is 0. The molecule has 0 saturated heterocycles. The van der Waals surface area contributed by atoms with E-state index in [1.165, 1.54) is 36.4 Å². The largest absolute Gasteiger partial charge is 2.00 e. The number of pyridine rings is 6. The van der Waals surface area contributed by atoms with E-state index in [2.05, 4.69) is 29.9 Å². The van der Waals surface area contributed by atoms with Crippen molar-refractivity contribution in [2.45, 2.75) is 0 Å². The van der Waals surface area contributed by atoms with Crippen molar-refractivity contribution >= 4 is 69.6 Å². The summed E-state index contributed by atoms with van der Waals surface area (Å²) in [6, 6.07) is 26.9. The molecule has 22 heteroatoms. The maximum atomic E-state index is 10.3. The zero-order valence-corrected chi connectivity index (χ0v) is 37.1. The van der Waals surface area contributed by atoms with Crippen LogP contribution in [0.5, 0.6) is 35.3 Å². The summed E-state index contributed by atoms with van der Waals surface area (Å²) in [7, 11) is 0. The minimum Gasteiger partial charge on any atom is -0.859 e. The average molecular weight is 935 g/mol. The van der Waals surface area contributed by atoms with Gasteiger partial charge in [0.2, 0.25) is 0 Å². The second-order valence-electron chi connectivity index (χ2n) is 7.79. The van der Waals surface area contributed by atoms with Crippen molar-refractivity contribution in [3.63, 3.8) is 0 Å². The van der Waals surface area contributed by atoms with Crippen molar-refractivity contribution in [1.82, 2.24) is 29.9 Å². The predicted octanol–water partition coefficient (Wildman–Crippen LogP) is -1.15. The molecule has 266 valence electrons. The van der Waals surface area contributed by atoms with E-state index in [-0.39, 0.29) is 159 Å². The zero-order valence-electron chi connectivity index (χ0n) is 26.5. The normalized spacial score (nSPS) is 8.42. The number of rotatable bonds is 0. The molecular weight excluding hydrogens is 917 g/mol. The monoisotopic (exact) mass is 932 g/mol. The van der Waals surface area contributed by atoms with E-state index in [4.69, 9.17) is 69.6 Å². The quantitative estimate of drug-likeness (QED) is 0.131. The van der Waals surface area contributed by atoms with Gasteiger partial charge in [-0.05, 0) is 71.7 Å². The summed E-state index contributed by atoms with van der Waals surface area (Å²) in [6.07, 6.45) is 0. The van der Waals surface area contributed by atoms with Crippen LogP contribution < -0.4 is 89.8 Å². The fourth-order valence-electron chi connectivity index (χ4n) is 2.34. The molecule has 6 aromatic rings. The molecule has 12 nitrogen and oxygen atoms in total. The molecular formula is C30H18Cl6Co2N6Na2O6. The Balaban J connectivity index is -0.000000262. The van der Waals surface area contributed by atoms with Crippen molar-refractivity contribution in [3.8, 4) is 35.3 Å². The molecule has 0 aliphatic carbocycles. The van der Waals surface area contributed by atoms with Crippen molar-refractivity contribution in [2.24, 2.45) is 0 Å². The van der Waals surface area contributed by atoms with Crippen molar-refractivity contribution in [1.29, 1.82) is 0 Å². The van der Waals surface area contributed by atoms with Gasteiger partial charge in [0.25, 0.3) is 0 Å². The van der Waals surface area contributed by atoms with Crippen LogP contribution in [0.3, 0.4) is 0 Å². The van der Waals surface area contributed by atoms with E-state index >= 15 is 0 Å². The molecule has 0 spiro atoms. The average Bonchev–Trinajstić information content (AvgIpc) is 2.98. The van der Waals surface area contributed by atoms with Crippen LogP contribution in [-0.2, 0) is 33.6 Å². The van der Waals surface area contributed by atoms with Crippen LogP contribution >= 0.6 is 69.6 Å². The molecule has 0 aromatic carbocycles. The van der Waals surface area contributed by atoms with Crippen LogP contribution in [0.25, 0.3) is 0 Å². The zero-order chi connectivity index (χ0) is 35.9. The Kier molecular flexibility index (Phi) is 37.4. The number of hydrogen-bond donors (Lipinski definition) is 0. The molecule has 0 unspecified atom stereocenters. The Hall–Kier alpha value is -1.55. The molecule has 52 heavy (non-hydrogen) atoms. The Bertz CT molecular complexity index is 1400. The van der Waals surface area contributed by atoms with Gasteiger partial charge < -0.3 is 30.6 Å². The smallest absolute Gasteiger partial charge is 0.859 e. The molecule has 0 fully saturated rings. The van der Waals surface area contributed by atoms with Crippen LogP contribution in [0.4, 0.5) is 0 Å². The van der Waals surface area contributed by atoms with Crippen molar-refractivity contribution in [3.05, 3.63) is 140 Å². The summed E-state index contributed by atoms with van der Waals surface area (Å²) in [5.74, 6) is -1.76. The van der Waals surface area contributed by atoms with Crippen LogP contribution in [0, 0.1) is 0 Å². The first-order valence-corrected chi connectivity index (χ1v) is 14.8. The summed E-state index contributed by atoms with van der Waals surface area (Å²) in [6.45, 7) is 0. The van der Waals surface area contributed by atoms with E-state index in [0.29, 0.717) is 0 Å². The topological polar surface area (TPSA) is 216 Å². The Morgan fingerprint density at radius 1 is 0.269 bits per heavy atom. The van der Waals surface area contributed by atoms with Crippen LogP contribution in [0.15, 0.2) is 109 Å². The first-order valence-electron chi connectivity index (χ1n) is 12.5. The maximum Gasteiger partial charge on any atom is 2.00 e. The number of nitrogens with zero attached hydrogens (tertiary/aromatic N) is 6. The maximum absolute atomic E-state index is 10.3. The van der Waals surface area contributed by atoms with Gasteiger partial charge in [-0.25, -0.2) is 0 Å². The van der Waals surface area contributed by atoms with Crippen LogP contribution in [-0.4, -0.2) is 29.9 Å². The minimum atomic E-state index is -0.294. The SMILES string of the molecule is [Co+2].[Co+2].[Na+].[Na+].[O-]c1cccc(Cl)n1.[O-]c1cccc(Cl)n1.[O-]c1cccc(Cl)n1.[O-]c1cccc(Cl)n1.[O-]c1cccc(Cl)n1.[O-]c1cccc(Cl)n1. The summed E-state index contributed by atoms with van der Waals surface area (Å²) in [4.78, 5) is 20.3. The van der Waals surface area contributed by atoms with Crippen LogP contribution in [0.1, 0.15) is 0 Å². The fraction of sp³-hybridized carbons (Fsp3) is 0. The third kappa shape index (κ3) is 31.9. The molecule has 6 aromatic heterocycles. The molecule has 6 rings (SSSR count). The Morgan fingerprint density at radius 3 is 0.442 bits per heavy atom. The third-order valence-corrected chi connectivity index (χ3v) is 5.40. The van der Waals surface area contributed by atoms with Crippen LogP contribution in [0.2, 0.25) is 30.9 Å². The second kappa shape index (κ2) is 34.0. The molecule has 0 saturated carbocycles. The van der Waals surface area contributed by atoms with Gasteiger partial charge in [0, 0.05) is 0 Å². The predicted molar refractivity (Wildman–Crippen MR) is 172 cm³/mol. The summed E-state index contributed by atoms with van der Waals surface area (Å²) >= 11 is 32.0. The fourth-order valence-corrected chi connectivity index (χ4v) is 3.27. The molecule has 0 bridgehead atoms. The van der Waals surface area contributed by atoms with E-state index in [1.54, 1.807) is 72.8 Å². The van der Waals surface area contributed by atoms with Gasteiger partial charge in [0.15, 0.2) is 0 Å². The molecule has 2 radical (unpaired) electrons. The van der Waals surface area contributed by atoms with Crippen molar-refractivity contribution < 1.29 is 123 Å². The first kappa shape index (κ1) is 57.2. The molecule has 0 atom stereocenters. The van der Waals surface area contributed by atoms with Gasteiger partial charge in [-0.3, -0.25) is 29.9 Å². The van der Waals surface area contributed by atoms with E-state index < -0.39 is 0 Å². The Labute approximate surface area is 393 Å².